The molecule has 0 bridgehead atoms. The minimum Gasteiger partial charge on any atom is -0.356 e. The molecular formula is C18H24N2O3. The number of carbonyl (C=O) groups is 2. The van der Waals surface area contributed by atoms with Gasteiger partial charge in [0.2, 0.25) is 5.91 Å². The third-order valence-electron chi connectivity index (χ3n) is 4.86. The van der Waals surface area contributed by atoms with Gasteiger partial charge in [-0.25, -0.2) is 0 Å². The Bertz CT molecular complexity index is 578. The number of aryl methyl sites for hydroxylation is 1. The van der Waals surface area contributed by atoms with Crippen LogP contribution in [0.2, 0.25) is 0 Å². The number of likely N-dealkylation sites (N-methyl/N-ethyl adjacent to an activating group) is 1. The molecule has 2 aliphatic rings. The molecule has 1 aliphatic heterocycles. The van der Waals surface area contributed by atoms with Crippen LogP contribution in [0.15, 0.2) is 24.3 Å². The highest BCUT2D eigenvalue weighted by atomic mass is 16.5. The maximum absolute atomic E-state index is 12.7. The molecule has 1 saturated carbocycles. The van der Waals surface area contributed by atoms with Gasteiger partial charge in [0.1, 0.15) is 6.61 Å². The Morgan fingerprint density at radius 1 is 1.22 bits per heavy atom. The van der Waals surface area contributed by atoms with Gasteiger partial charge in [0.25, 0.3) is 5.91 Å². The lowest BCUT2D eigenvalue weighted by molar-refractivity contribution is -0.162. The third kappa shape index (κ3) is 3.39. The molecule has 1 aromatic rings. The first kappa shape index (κ1) is 16.0. The molecule has 2 amide bonds. The predicted molar refractivity (Wildman–Crippen MR) is 86.8 cm³/mol. The van der Waals surface area contributed by atoms with Crippen molar-refractivity contribution in [2.75, 3.05) is 13.7 Å². The Labute approximate surface area is 137 Å². The fourth-order valence-electron chi connectivity index (χ4n) is 3.45. The summed E-state index contributed by atoms with van der Waals surface area (Å²) in [5.74, 6) is -0.206. The van der Waals surface area contributed by atoms with E-state index in [9.17, 15) is 9.59 Å². The lowest BCUT2D eigenvalue weighted by Crippen LogP contribution is -2.54. The molecule has 0 radical (unpaired) electrons. The van der Waals surface area contributed by atoms with Crippen molar-refractivity contribution < 1.29 is 14.3 Å². The van der Waals surface area contributed by atoms with E-state index in [0.717, 1.165) is 36.8 Å². The number of hydrogen-bond donors (Lipinski definition) is 1. The number of nitrogens with zero attached hydrogens (tertiary/aromatic N) is 1. The Morgan fingerprint density at radius 2 is 1.87 bits per heavy atom. The quantitative estimate of drug-likeness (QED) is 0.927. The minimum absolute atomic E-state index is 0.0401. The van der Waals surface area contributed by atoms with Crippen LogP contribution >= 0.6 is 0 Å². The van der Waals surface area contributed by atoms with Gasteiger partial charge in [-0.2, -0.15) is 0 Å². The van der Waals surface area contributed by atoms with E-state index >= 15 is 0 Å². The topological polar surface area (TPSA) is 58.6 Å². The average molecular weight is 316 g/mol. The Morgan fingerprint density at radius 3 is 2.52 bits per heavy atom. The molecule has 1 heterocycles. The summed E-state index contributed by atoms with van der Waals surface area (Å²) >= 11 is 0. The smallest absolute Gasteiger partial charge is 0.251 e. The second-order valence-electron chi connectivity index (χ2n) is 6.58. The van der Waals surface area contributed by atoms with Crippen LogP contribution in [0.4, 0.5) is 0 Å². The number of ether oxygens (including phenoxy) is 1. The van der Waals surface area contributed by atoms with Crippen LogP contribution in [0, 0.1) is 6.92 Å². The average Bonchev–Trinajstić information content (AvgIpc) is 3.04. The van der Waals surface area contributed by atoms with Gasteiger partial charge in [0.05, 0.1) is 6.04 Å². The van der Waals surface area contributed by atoms with Crippen molar-refractivity contribution in [3.8, 4) is 0 Å². The van der Waals surface area contributed by atoms with Gasteiger partial charge < -0.3 is 15.0 Å². The Kier molecular flexibility index (Phi) is 4.66. The lowest BCUT2D eigenvalue weighted by atomic mass is 9.96. The summed E-state index contributed by atoms with van der Waals surface area (Å²) in [6.45, 7) is 1.97. The van der Waals surface area contributed by atoms with Crippen molar-refractivity contribution in [1.82, 2.24) is 10.2 Å². The van der Waals surface area contributed by atoms with Crippen molar-refractivity contribution in [1.29, 1.82) is 0 Å². The van der Waals surface area contributed by atoms with E-state index in [0.29, 0.717) is 0 Å². The van der Waals surface area contributed by atoms with Crippen molar-refractivity contribution >= 4 is 11.8 Å². The number of morpholine rings is 1. The van der Waals surface area contributed by atoms with E-state index < -0.39 is 6.10 Å². The van der Waals surface area contributed by atoms with Crippen molar-refractivity contribution in [2.45, 2.75) is 50.8 Å². The molecule has 1 N–H and O–H groups in total. The van der Waals surface area contributed by atoms with Crippen LogP contribution < -0.4 is 5.32 Å². The van der Waals surface area contributed by atoms with Crippen LogP contribution in [0.3, 0.4) is 0 Å². The number of rotatable bonds is 3. The molecule has 0 aromatic heterocycles. The highest BCUT2D eigenvalue weighted by Crippen LogP contribution is 2.30. The molecule has 1 aromatic carbocycles. The lowest BCUT2D eigenvalue weighted by Gasteiger charge is -2.38. The Balaban J connectivity index is 1.81. The SMILES string of the molecule is Cc1ccc([C@@H]2[C@@H](C(=O)NC3CCCC3)OCC(=O)N2C)cc1. The summed E-state index contributed by atoms with van der Waals surface area (Å²) in [6.07, 6.45) is 3.73. The first-order chi connectivity index (χ1) is 11.1. The second-order valence-corrected chi connectivity index (χ2v) is 6.58. The fourth-order valence-corrected chi connectivity index (χ4v) is 3.45. The largest absolute Gasteiger partial charge is 0.356 e. The summed E-state index contributed by atoms with van der Waals surface area (Å²) < 4.78 is 5.63. The maximum atomic E-state index is 12.7. The van der Waals surface area contributed by atoms with Crippen LogP contribution in [0.25, 0.3) is 0 Å². The van der Waals surface area contributed by atoms with E-state index in [2.05, 4.69) is 5.32 Å². The van der Waals surface area contributed by atoms with Crippen LogP contribution in [0.1, 0.15) is 42.9 Å². The van der Waals surface area contributed by atoms with Gasteiger partial charge in [0.15, 0.2) is 6.10 Å². The Hall–Kier alpha value is -1.88. The zero-order chi connectivity index (χ0) is 16.4. The van der Waals surface area contributed by atoms with E-state index in [1.165, 1.54) is 0 Å². The molecule has 1 aliphatic carbocycles. The van der Waals surface area contributed by atoms with Gasteiger partial charge in [-0.15, -0.1) is 0 Å². The van der Waals surface area contributed by atoms with Crippen molar-refractivity contribution in [3.63, 3.8) is 0 Å². The summed E-state index contributed by atoms with van der Waals surface area (Å²) in [7, 11) is 1.74. The van der Waals surface area contributed by atoms with Gasteiger partial charge in [0, 0.05) is 13.1 Å². The summed E-state index contributed by atoms with van der Waals surface area (Å²) in [6, 6.07) is 7.79. The zero-order valence-corrected chi connectivity index (χ0v) is 13.7. The van der Waals surface area contributed by atoms with Crippen LogP contribution in [-0.4, -0.2) is 42.5 Å². The monoisotopic (exact) mass is 316 g/mol. The molecule has 1 saturated heterocycles. The fraction of sp³-hybridized carbons (Fsp3) is 0.556. The van der Waals surface area contributed by atoms with Gasteiger partial charge in [-0.05, 0) is 25.3 Å². The molecule has 0 unspecified atom stereocenters. The number of carbonyl (C=O) groups excluding carboxylic acids is 2. The first-order valence-electron chi connectivity index (χ1n) is 8.30. The van der Waals surface area contributed by atoms with Crippen LogP contribution in [-0.2, 0) is 14.3 Å². The van der Waals surface area contributed by atoms with E-state index in [4.69, 9.17) is 4.74 Å². The van der Waals surface area contributed by atoms with Crippen molar-refractivity contribution in [2.24, 2.45) is 0 Å². The summed E-state index contributed by atoms with van der Waals surface area (Å²) in [5, 5.41) is 3.09. The molecule has 2 atom stereocenters. The van der Waals surface area contributed by atoms with E-state index in [-0.39, 0.29) is 30.5 Å². The molecule has 0 spiro atoms. The number of nitrogens with one attached hydrogen (secondary N) is 1. The van der Waals surface area contributed by atoms with Gasteiger partial charge in [-0.3, -0.25) is 9.59 Å². The van der Waals surface area contributed by atoms with E-state index in [1.807, 2.05) is 31.2 Å². The van der Waals surface area contributed by atoms with Crippen LogP contribution in [0.5, 0.6) is 0 Å². The molecule has 2 fully saturated rings. The van der Waals surface area contributed by atoms with Gasteiger partial charge >= 0.3 is 0 Å². The maximum Gasteiger partial charge on any atom is 0.251 e. The molecule has 124 valence electrons. The number of amides is 2. The minimum atomic E-state index is -0.652. The highest BCUT2D eigenvalue weighted by Gasteiger charge is 2.40. The molecule has 5 nitrogen and oxygen atoms in total. The molecular weight excluding hydrogens is 292 g/mol. The number of benzene rings is 1. The standard InChI is InChI=1S/C18H24N2O3/c1-12-7-9-13(10-8-12)16-17(23-11-15(21)20(16)2)18(22)19-14-5-3-4-6-14/h7-10,14,16-17H,3-6,11H2,1-2H3,(H,19,22)/t16-,17+/m1/s1. The van der Waals surface area contributed by atoms with Gasteiger partial charge in [-0.1, -0.05) is 42.7 Å². The first-order valence-corrected chi connectivity index (χ1v) is 8.30. The van der Waals surface area contributed by atoms with Crippen molar-refractivity contribution in [3.05, 3.63) is 35.4 Å². The molecule has 23 heavy (non-hydrogen) atoms. The second kappa shape index (κ2) is 6.71. The zero-order valence-electron chi connectivity index (χ0n) is 13.7. The van der Waals surface area contributed by atoms with E-state index in [1.54, 1.807) is 11.9 Å². The highest BCUT2D eigenvalue weighted by molar-refractivity contribution is 5.86. The number of hydrogen-bond acceptors (Lipinski definition) is 3. The normalized spacial score (nSPS) is 25.7. The molecule has 5 heteroatoms. The summed E-state index contributed by atoms with van der Waals surface area (Å²) in [4.78, 5) is 26.3. The molecule has 3 rings (SSSR count). The third-order valence-corrected chi connectivity index (χ3v) is 4.86. The summed E-state index contributed by atoms with van der Waals surface area (Å²) in [5.41, 5.74) is 2.07. The predicted octanol–water partition coefficient (Wildman–Crippen LogP) is 1.95.